The van der Waals surface area contributed by atoms with E-state index in [1.165, 1.54) is 37.7 Å². The van der Waals surface area contributed by atoms with Gasteiger partial charge in [-0.05, 0) is 48.4 Å². The molecular formula is C17H24O. The minimum Gasteiger partial charge on any atom is -0.497 e. The maximum Gasteiger partial charge on any atom is 0.118 e. The average Bonchev–Trinajstić information content (AvgIpc) is 2.46. The van der Waals surface area contributed by atoms with E-state index in [-0.39, 0.29) is 0 Å². The topological polar surface area (TPSA) is 9.23 Å². The smallest absolute Gasteiger partial charge is 0.118 e. The maximum atomic E-state index is 5.23. The fraction of sp³-hybridized carbons (Fsp3) is 0.529. The molecule has 0 atom stereocenters. The van der Waals surface area contributed by atoms with E-state index in [9.17, 15) is 0 Å². The molecule has 1 fully saturated rings. The van der Waals surface area contributed by atoms with Crippen LogP contribution in [0.3, 0.4) is 0 Å². The average molecular weight is 244 g/mol. The summed E-state index contributed by atoms with van der Waals surface area (Å²) in [6.45, 7) is 2.23. The second-order valence-electron chi connectivity index (χ2n) is 5.13. The number of rotatable bonds is 4. The molecule has 1 nitrogen and oxygen atoms in total. The van der Waals surface area contributed by atoms with Crippen LogP contribution in [-0.2, 0) is 0 Å². The van der Waals surface area contributed by atoms with Crippen molar-refractivity contribution in [3.05, 3.63) is 35.9 Å². The van der Waals surface area contributed by atoms with Crippen LogP contribution >= 0.6 is 0 Å². The maximum absolute atomic E-state index is 5.23. The Morgan fingerprint density at radius 2 is 1.83 bits per heavy atom. The van der Waals surface area contributed by atoms with E-state index in [0.717, 1.165) is 18.1 Å². The van der Waals surface area contributed by atoms with E-state index in [1.54, 1.807) is 12.7 Å². The molecule has 98 valence electrons. The molecule has 1 aromatic rings. The monoisotopic (exact) mass is 244 g/mol. The number of hydrogen-bond acceptors (Lipinski definition) is 1. The van der Waals surface area contributed by atoms with Gasteiger partial charge in [0, 0.05) is 0 Å². The van der Waals surface area contributed by atoms with E-state index in [1.807, 2.05) is 0 Å². The van der Waals surface area contributed by atoms with Crippen LogP contribution in [0, 0.1) is 5.92 Å². The number of benzene rings is 1. The number of methoxy groups -OCH3 is 1. The highest BCUT2D eigenvalue weighted by atomic mass is 16.5. The van der Waals surface area contributed by atoms with E-state index < -0.39 is 0 Å². The summed E-state index contributed by atoms with van der Waals surface area (Å²) in [5.74, 6) is 1.71. The van der Waals surface area contributed by atoms with E-state index in [2.05, 4.69) is 37.3 Å². The Labute approximate surface area is 111 Å². The van der Waals surface area contributed by atoms with Crippen molar-refractivity contribution in [2.24, 2.45) is 5.92 Å². The molecule has 0 heterocycles. The molecule has 0 radical (unpaired) electrons. The number of allylic oxidation sites excluding steroid dienone is 2. The van der Waals surface area contributed by atoms with Gasteiger partial charge in [0.05, 0.1) is 7.11 Å². The third kappa shape index (κ3) is 3.16. The SMILES string of the molecule is CCC=C(c1ccc(OC)cc1)C1CCCCC1. The van der Waals surface area contributed by atoms with Gasteiger partial charge in [0.25, 0.3) is 0 Å². The zero-order valence-corrected chi connectivity index (χ0v) is 11.6. The number of hydrogen-bond donors (Lipinski definition) is 0. The molecule has 18 heavy (non-hydrogen) atoms. The van der Waals surface area contributed by atoms with Gasteiger partial charge in [-0.3, -0.25) is 0 Å². The fourth-order valence-electron chi connectivity index (χ4n) is 2.94. The van der Waals surface area contributed by atoms with Crippen molar-refractivity contribution in [2.75, 3.05) is 7.11 Å². The summed E-state index contributed by atoms with van der Waals surface area (Å²) in [5, 5.41) is 0. The van der Waals surface area contributed by atoms with Gasteiger partial charge in [0.2, 0.25) is 0 Å². The van der Waals surface area contributed by atoms with Crippen LogP contribution < -0.4 is 4.74 Å². The van der Waals surface area contributed by atoms with Crippen LogP contribution in [-0.4, -0.2) is 7.11 Å². The highest BCUT2D eigenvalue weighted by molar-refractivity contribution is 5.68. The summed E-state index contributed by atoms with van der Waals surface area (Å²) in [6.07, 6.45) is 10.5. The van der Waals surface area contributed by atoms with E-state index in [0.29, 0.717) is 0 Å². The molecule has 1 heteroatoms. The second kappa shape index (κ2) is 6.63. The zero-order chi connectivity index (χ0) is 12.8. The normalized spacial score (nSPS) is 17.8. The van der Waals surface area contributed by atoms with Crippen molar-refractivity contribution in [3.63, 3.8) is 0 Å². The summed E-state index contributed by atoms with van der Waals surface area (Å²) >= 11 is 0. The first-order valence-corrected chi connectivity index (χ1v) is 7.19. The predicted molar refractivity (Wildman–Crippen MR) is 77.8 cm³/mol. The van der Waals surface area contributed by atoms with Crippen LogP contribution in [0.25, 0.3) is 5.57 Å². The Hall–Kier alpha value is -1.24. The van der Waals surface area contributed by atoms with E-state index >= 15 is 0 Å². The Morgan fingerprint density at radius 1 is 1.17 bits per heavy atom. The Morgan fingerprint density at radius 3 is 2.39 bits per heavy atom. The van der Waals surface area contributed by atoms with Crippen molar-refractivity contribution in [1.82, 2.24) is 0 Å². The quantitative estimate of drug-likeness (QED) is 0.718. The Bertz CT molecular complexity index is 383. The Kier molecular flexibility index (Phi) is 4.86. The molecule has 0 amide bonds. The molecule has 0 unspecified atom stereocenters. The lowest BCUT2D eigenvalue weighted by Gasteiger charge is -2.25. The lowest BCUT2D eigenvalue weighted by molar-refractivity contribution is 0.414. The highest BCUT2D eigenvalue weighted by Gasteiger charge is 2.18. The van der Waals surface area contributed by atoms with Crippen LogP contribution in [0.4, 0.5) is 0 Å². The molecule has 1 saturated carbocycles. The molecule has 0 saturated heterocycles. The molecule has 0 bridgehead atoms. The van der Waals surface area contributed by atoms with Gasteiger partial charge >= 0.3 is 0 Å². The van der Waals surface area contributed by atoms with Crippen LogP contribution in [0.15, 0.2) is 30.3 Å². The van der Waals surface area contributed by atoms with E-state index in [4.69, 9.17) is 4.74 Å². The number of ether oxygens (including phenoxy) is 1. The Balaban J connectivity index is 2.20. The van der Waals surface area contributed by atoms with Gasteiger partial charge in [-0.25, -0.2) is 0 Å². The van der Waals surface area contributed by atoms with Crippen molar-refractivity contribution in [2.45, 2.75) is 45.4 Å². The summed E-state index contributed by atoms with van der Waals surface area (Å²) in [7, 11) is 1.72. The molecule has 0 aliphatic heterocycles. The van der Waals surface area contributed by atoms with Crippen molar-refractivity contribution >= 4 is 5.57 Å². The van der Waals surface area contributed by atoms with Gasteiger partial charge in [-0.1, -0.05) is 44.4 Å². The van der Waals surface area contributed by atoms with Gasteiger partial charge in [-0.2, -0.15) is 0 Å². The van der Waals surface area contributed by atoms with Crippen molar-refractivity contribution in [1.29, 1.82) is 0 Å². The lowest BCUT2D eigenvalue weighted by atomic mass is 9.80. The van der Waals surface area contributed by atoms with Gasteiger partial charge < -0.3 is 4.74 Å². The second-order valence-corrected chi connectivity index (χ2v) is 5.13. The summed E-state index contributed by atoms with van der Waals surface area (Å²) < 4.78 is 5.23. The molecule has 1 aliphatic carbocycles. The van der Waals surface area contributed by atoms with Crippen LogP contribution in [0.5, 0.6) is 5.75 Å². The van der Waals surface area contributed by atoms with Crippen molar-refractivity contribution < 1.29 is 4.74 Å². The molecule has 0 N–H and O–H groups in total. The minimum atomic E-state index is 0.770. The largest absolute Gasteiger partial charge is 0.497 e. The molecule has 1 aliphatic rings. The molecule has 1 aromatic carbocycles. The summed E-state index contributed by atoms with van der Waals surface area (Å²) in [4.78, 5) is 0. The molecule has 2 rings (SSSR count). The van der Waals surface area contributed by atoms with Crippen LogP contribution in [0.2, 0.25) is 0 Å². The summed E-state index contributed by atoms with van der Waals surface area (Å²) in [5.41, 5.74) is 2.93. The highest BCUT2D eigenvalue weighted by Crippen LogP contribution is 2.36. The standard InChI is InChI=1S/C17H24O/c1-3-7-17(14-8-5-4-6-9-14)15-10-12-16(18-2)13-11-15/h7,10-14H,3-6,8-9H2,1-2H3. The van der Waals surface area contributed by atoms with Crippen LogP contribution in [0.1, 0.15) is 51.0 Å². The first kappa shape index (κ1) is 13.2. The minimum absolute atomic E-state index is 0.770. The summed E-state index contributed by atoms with van der Waals surface area (Å²) in [6, 6.07) is 8.55. The lowest BCUT2D eigenvalue weighted by Crippen LogP contribution is -2.08. The molecule has 0 aromatic heterocycles. The van der Waals surface area contributed by atoms with Crippen molar-refractivity contribution in [3.8, 4) is 5.75 Å². The molecule has 0 spiro atoms. The molecular weight excluding hydrogens is 220 g/mol. The first-order valence-electron chi connectivity index (χ1n) is 7.19. The van der Waals surface area contributed by atoms with Gasteiger partial charge in [0.15, 0.2) is 0 Å². The zero-order valence-electron chi connectivity index (χ0n) is 11.6. The van der Waals surface area contributed by atoms with Gasteiger partial charge in [0.1, 0.15) is 5.75 Å². The predicted octanol–water partition coefficient (Wildman–Crippen LogP) is 5.07. The first-order chi connectivity index (χ1) is 8.85. The third-order valence-electron chi connectivity index (χ3n) is 3.89. The van der Waals surface area contributed by atoms with Gasteiger partial charge in [-0.15, -0.1) is 0 Å². The fourth-order valence-corrected chi connectivity index (χ4v) is 2.94. The third-order valence-corrected chi connectivity index (χ3v) is 3.89.